The largest absolute Gasteiger partial charge is 0.478 e. The fourth-order valence-corrected chi connectivity index (χ4v) is 1.55. The summed E-state index contributed by atoms with van der Waals surface area (Å²) in [6.07, 6.45) is 0. The Morgan fingerprint density at radius 3 is 2.36 bits per heavy atom. The van der Waals surface area contributed by atoms with Crippen molar-refractivity contribution in [3.63, 3.8) is 0 Å². The minimum atomic E-state index is -1.71. The lowest BCUT2D eigenvalue weighted by Gasteiger charge is -2.14. The van der Waals surface area contributed by atoms with E-state index in [2.05, 4.69) is 0 Å². The van der Waals surface area contributed by atoms with Crippen LogP contribution in [0.1, 0.15) is 21.5 Å². The lowest BCUT2D eigenvalue weighted by Crippen LogP contribution is -2.10. The van der Waals surface area contributed by atoms with Crippen LogP contribution in [0.25, 0.3) is 0 Å². The van der Waals surface area contributed by atoms with E-state index in [0.29, 0.717) is 0 Å². The lowest BCUT2D eigenvalue weighted by atomic mass is 10.1. The van der Waals surface area contributed by atoms with Gasteiger partial charge < -0.3 is 5.11 Å². The Bertz CT molecular complexity index is 369. The summed E-state index contributed by atoms with van der Waals surface area (Å²) in [5.74, 6) is -1.11. The van der Waals surface area contributed by atoms with Crippen molar-refractivity contribution >= 4 is 40.8 Å². The number of carboxylic acid groups (broad SMARTS) is 1. The van der Waals surface area contributed by atoms with Crippen LogP contribution >= 0.6 is 34.8 Å². The third-order valence-corrected chi connectivity index (χ3v) is 2.32. The highest BCUT2D eigenvalue weighted by Gasteiger charge is 2.28. The second kappa shape index (κ2) is 3.97. The summed E-state index contributed by atoms with van der Waals surface area (Å²) in [4.78, 5) is 10.8. The second-order valence-electron chi connectivity index (χ2n) is 2.85. The van der Waals surface area contributed by atoms with E-state index in [1.807, 2.05) is 0 Å². The Hall–Kier alpha value is -0.440. The fraction of sp³-hybridized carbons (Fsp3) is 0.222. The van der Waals surface area contributed by atoms with Crippen molar-refractivity contribution in [2.45, 2.75) is 10.7 Å². The summed E-state index contributed by atoms with van der Waals surface area (Å²) in [7, 11) is 0. The molecule has 0 amide bonds. The van der Waals surface area contributed by atoms with E-state index < -0.39 is 9.76 Å². The van der Waals surface area contributed by atoms with E-state index in [9.17, 15) is 4.79 Å². The van der Waals surface area contributed by atoms with Crippen LogP contribution in [0.5, 0.6) is 0 Å². The first-order chi connectivity index (χ1) is 6.32. The second-order valence-corrected chi connectivity index (χ2v) is 5.13. The van der Waals surface area contributed by atoms with E-state index in [1.165, 1.54) is 6.07 Å². The molecular weight excluding hydrogens is 246 g/mol. The molecule has 5 heteroatoms. The summed E-state index contributed by atoms with van der Waals surface area (Å²) >= 11 is 16.9. The summed E-state index contributed by atoms with van der Waals surface area (Å²) in [5.41, 5.74) is 1.04. The number of aryl methyl sites for hydroxylation is 1. The molecule has 0 atom stereocenters. The first-order valence-electron chi connectivity index (χ1n) is 3.73. The number of carbonyl (C=O) groups is 1. The molecule has 0 aliphatic rings. The van der Waals surface area contributed by atoms with Crippen LogP contribution < -0.4 is 0 Å². The minimum absolute atomic E-state index is 0.00981. The van der Waals surface area contributed by atoms with Crippen LogP contribution in [0.4, 0.5) is 0 Å². The molecule has 0 aliphatic heterocycles. The molecule has 0 fully saturated rings. The van der Waals surface area contributed by atoms with Crippen LogP contribution in [0.15, 0.2) is 18.2 Å². The predicted octanol–water partition coefficient (Wildman–Crippen LogP) is 3.52. The number of benzene rings is 1. The molecule has 0 bridgehead atoms. The number of hydrogen-bond donors (Lipinski definition) is 1. The molecular formula is C9H7Cl3O2. The Balaban J connectivity index is 3.38. The van der Waals surface area contributed by atoms with Gasteiger partial charge in [0.15, 0.2) is 0 Å². The molecule has 2 nitrogen and oxygen atoms in total. The Labute approximate surface area is 96.4 Å². The van der Waals surface area contributed by atoms with Gasteiger partial charge in [-0.1, -0.05) is 52.5 Å². The molecule has 0 unspecified atom stereocenters. The third-order valence-electron chi connectivity index (χ3n) is 1.71. The maximum absolute atomic E-state index is 10.8. The highest BCUT2D eigenvalue weighted by atomic mass is 35.6. The van der Waals surface area contributed by atoms with Crippen molar-refractivity contribution < 1.29 is 9.90 Å². The van der Waals surface area contributed by atoms with Crippen LogP contribution in [-0.4, -0.2) is 11.1 Å². The first-order valence-corrected chi connectivity index (χ1v) is 4.87. The van der Waals surface area contributed by atoms with E-state index in [1.54, 1.807) is 19.1 Å². The number of hydrogen-bond acceptors (Lipinski definition) is 1. The highest BCUT2D eigenvalue weighted by molar-refractivity contribution is 6.67. The summed E-state index contributed by atoms with van der Waals surface area (Å²) in [6.45, 7) is 1.80. The zero-order valence-corrected chi connectivity index (χ0v) is 9.49. The Morgan fingerprint density at radius 1 is 1.36 bits per heavy atom. The molecule has 1 rings (SSSR count). The molecule has 0 spiro atoms. The van der Waals surface area contributed by atoms with Gasteiger partial charge in [0.2, 0.25) is 3.79 Å². The van der Waals surface area contributed by atoms with E-state index >= 15 is 0 Å². The third kappa shape index (κ3) is 2.53. The Morgan fingerprint density at radius 2 is 1.93 bits per heavy atom. The minimum Gasteiger partial charge on any atom is -0.478 e. The van der Waals surface area contributed by atoms with E-state index in [0.717, 1.165) is 5.56 Å². The molecule has 0 aromatic heterocycles. The average molecular weight is 254 g/mol. The fourth-order valence-electron chi connectivity index (χ4n) is 1.08. The molecule has 1 aromatic carbocycles. The monoisotopic (exact) mass is 252 g/mol. The molecule has 1 N–H and O–H groups in total. The van der Waals surface area contributed by atoms with Gasteiger partial charge in [0, 0.05) is 5.56 Å². The normalized spacial score (nSPS) is 11.4. The number of aromatic carboxylic acids is 1. The predicted molar refractivity (Wildman–Crippen MR) is 57.4 cm³/mol. The van der Waals surface area contributed by atoms with Gasteiger partial charge in [0.05, 0.1) is 5.56 Å². The van der Waals surface area contributed by atoms with Crippen LogP contribution in [0.2, 0.25) is 0 Å². The van der Waals surface area contributed by atoms with E-state index in [-0.39, 0.29) is 11.1 Å². The molecule has 0 heterocycles. The summed E-state index contributed by atoms with van der Waals surface area (Å²) < 4.78 is -1.71. The summed E-state index contributed by atoms with van der Waals surface area (Å²) in [5, 5.41) is 8.84. The van der Waals surface area contributed by atoms with Gasteiger partial charge in [-0.15, -0.1) is 0 Å². The molecule has 0 saturated carbocycles. The quantitative estimate of drug-likeness (QED) is 0.778. The van der Waals surface area contributed by atoms with Crippen molar-refractivity contribution in [3.05, 3.63) is 34.9 Å². The SMILES string of the molecule is Cc1ccc(C(=O)O)c(C(Cl)(Cl)Cl)c1. The van der Waals surface area contributed by atoms with Gasteiger partial charge >= 0.3 is 5.97 Å². The van der Waals surface area contributed by atoms with Gasteiger partial charge in [0.25, 0.3) is 0 Å². The zero-order chi connectivity index (χ0) is 10.9. The lowest BCUT2D eigenvalue weighted by molar-refractivity contribution is 0.0695. The van der Waals surface area contributed by atoms with E-state index in [4.69, 9.17) is 39.9 Å². The maximum atomic E-state index is 10.8. The maximum Gasteiger partial charge on any atom is 0.336 e. The molecule has 0 saturated heterocycles. The van der Waals surface area contributed by atoms with Gasteiger partial charge in [-0.2, -0.15) is 0 Å². The van der Waals surface area contributed by atoms with Crippen LogP contribution in [0.3, 0.4) is 0 Å². The number of carboxylic acids is 1. The smallest absolute Gasteiger partial charge is 0.336 e. The standard InChI is InChI=1S/C9H7Cl3O2/c1-5-2-3-6(8(13)14)7(4-5)9(10,11)12/h2-4H,1H3,(H,13,14). The summed E-state index contributed by atoms with van der Waals surface area (Å²) in [6, 6.07) is 4.63. The molecule has 0 aliphatic carbocycles. The highest BCUT2D eigenvalue weighted by Crippen LogP contribution is 2.40. The molecule has 0 radical (unpaired) electrons. The number of alkyl halides is 3. The van der Waals surface area contributed by atoms with Crippen LogP contribution in [-0.2, 0) is 3.79 Å². The van der Waals surface area contributed by atoms with Crippen molar-refractivity contribution in [1.82, 2.24) is 0 Å². The van der Waals surface area contributed by atoms with Crippen molar-refractivity contribution in [3.8, 4) is 0 Å². The van der Waals surface area contributed by atoms with Gasteiger partial charge in [-0.05, 0) is 13.0 Å². The van der Waals surface area contributed by atoms with Gasteiger partial charge in [-0.3, -0.25) is 0 Å². The number of rotatable bonds is 1. The van der Waals surface area contributed by atoms with Crippen molar-refractivity contribution in [2.24, 2.45) is 0 Å². The van der Waals surface area contributed by atoms with Gasteiger partial charge in [-0.25, -0.2) is 4.79 Å². The first kappa shape index (κ1) is 11.6. The Kier molecular flexibility index (Phi) is 3.30. The van der Waals surface area contributed by atoms with Gasteiger partial charge in [0.1, 0.15) is 0 Å². The zero-order valence-electron chi connectivity index (χ0n) is 7.22. The average Bonchev–Trinajstić information content (AvgIpc) is 2.01. The molecule has 14 heavy (non-hydrogen) atoms. The molecule has 76 valence electrons. The van der Waals surface area contributed by atoms with Crippen molar-refractivity contribution in [1.29, 1.82) is 0 Å². The molecule has 1 aromatic rings. The number of halogens is 3. The van der Waals surface area contributed by atoms with Crippen LogP contribution in [0, 0.1) is 6.92 Å². The van der Waals surface area contributed by atoms with Crippen molar-refractivity contribution in [2.75, 3.05) is 0 Å². The topological polar surface area (TPSA) is 37.3 Å².